The van der Waals surface area contributed by atoms with Gasteiger partial charge in [0.05, 0.1) is 0 Å². The Balaban J connectivity index is 2.20. The van der Waals surface area contributed by atoms with Crippen molar-refractivity contribution in [1.29, 1.82) is 0 Å². The Morgan fingerprint density at radius 1 is 0.944 bits per heavy atom. The predicted octanol–water partition coefficient (Wildman–Crippen LogP) is 4.50. The van der Waals surface area contributed by atoms with Gasteiger partial charge >= 0.3 is 0 Å². The van der Waals surface area contributed by atoms with E-state index in [1.54, 1.807) is 0 Å². The molecule has 0 spiro atoms. The van der Waals surface area contributed by atoms with Crippen molar-refractivity contribution in [3.05, 3.63) is 72.3 Å². The van der Waals surface area contributed by atoms with Gasteiger partial charge < -0.3 is 0 Å². The molecule has 0 N–H and O–H groups in total. The van der Waals surface area contributed by atoms with Crippen molar-refractivity contribution in [2.24, 2.45) is 0 Å². The van der Waals surface area contributed by atoms with Gasteiger partial charge in [0.15, 0.2) is 5.78 Å². The van der Waals surface area contributed by atoms with E-state index in [1.807, 2.05) is 49.4 Å². The highest BCUT2D eigenvalue weighted by atomic mass is 16.1. The average Bonchev–Trinajstić information content (AvgIpc) is 2.39. The summed E-state index contributed by atoms with van der Waals surface area (Å²) < 4.78 is 0. The molecular formula is C17H16O. The largest absolute Gasteiger partial charge is 0.294 e. The molecule has 0 fully saturated rings. The zero-order chi connectivity index (χ0) is 13.0. The molecule has 0 radical (unpaired) electrons. The first-order chi connectivity index (χ1) is 8.66. The molecule has 0 heterocycles. The highest BCUT2D eigenvalue weighted by molar-refractivity contribution is 5.97. The third-order valence-electron chi connectivity index (χ3n) is 2.78. The Morgan fingerprint density at radius 2 is 1.50 bits per heavy atom. The first kappa shape index (κ1) is 12.3. The molecule has 0 unspecified atom stereocenters. The van der Waals surface area contributed by atoms with Crippen molar-refractivity contribution in [3.8, 4) is 11.1 Å². The van der Waals surface area contributed by atoms with Gasteiger partial charge in [-0.1, -0.05) is 66.7 Å². The van der Waals surface area contributed by atoms with Crippen LogP contribution in [0.25, 0.3) is 11.1 Å². The molecule has 90 valence electrons. The van der Waals surface area contributed by atoms with Gasteiger partial charge in [-0.3, -0.25) is 4.79 Å². The van der Waals surface area contributed by atoms with E-state index in [0.717, 1.165) is 22.3 Å². The molecule has 18 heavy (non-hydrogen) atoms. The minimum absolute atomic E-state index is 0.127. The van der Waals surface area contributed by atoms with E-state index in [4.69, 9.17) is 0 Å². The van der Waals surface area contributed by atoms with Crippen LogP contribution in [0.15, 0.2) is 66.7 Å². The Kier molecular flexibility index (Phi) is 3.73. The third-order valence-corrected chi connectivity index (χ3v) is 2.78. The number of Topliss-reactive ketones (excluding diaryl/α,β-unsaturated/α-hetero) is 1. The van der Waals surface area contributed by atoms with Gasteiger partial charge in [-0.2, -0.15) is 0 Å². The second kappa shape index (κ2) is 5.46. The first-order valence-electron chi connectivity index (χ1n) is 6.00. The van der Waals surface area contributed by atoms with E-state index in [2.05, 4.69) is 18.7 Å². The van der Waals surface area contributed by atoms with E-state index >= 15 is 0 Å². The third kappa shape index (κ3) is 2.95. The molecule has 0 amide bonds. The highest BCUT2D eigenvalue weighted by Crippen LogP contribution is 2.20. The number of carbonyl (C=O) groups is 1. The Morgan fingerprint density at radius 3 is 2.06 bits per heavy atom. The summed E-state index contributed by atoms with van der Waals surface area (Å²) in [6, 6.07) is 17.9. The summed E-state index contributed by atoms with van der Waals surface area (Å²) in [5.74, 6) is 0.127. The molecule has 0 aliphatic heterocycles. The molecule has 2 rings (SSSR count). The monoisotopic (exact) mass is 236 g/mol. The fraction of sp³-hybridized carbons (Fsp3) is 0.118. The minimum Gasteiger partial charge on any atom is -0.294 e. The fourth-order valence-electron chi connectivity index (χ4n) is 1.86. The molecule has 0 atom stereocenters. The predicted molar refractivity (Wildman–Crippen MR) is 75.6 cm³/mol. The number of allylic oxidation sites excluding steroid dienone is 1. The summed E-state index contributed by atoms with van der Waals surface area (Å²) in [5, 5.41) is 0. The van der Waals surface area contributed by atoms with Gasteiger partial charge in [0.1, 0.15) is 0 Å². The van der Waals surface area contributed by atoms with Crippen LogP contribution in [0.4, 0.5) is 0 Å². The maximum Gasteiger partial charge on any atom is 0.166 e. The van der Waals surface area contributed by atoms with Crippen LogP contribution in [-0.2, 0) is 0 Å². The first-order valence-corrected chi connectivity index (χ1v) is 6.00. The lowest BCUT2D eigenvalue weighted by atomic mass is 10.0. The maximum atomic E-state index is 11.8. The topological polar surface area (TPSA) is 17.1 Å². The number of benzene rings is 2. The van der Waals surface area contributed by atoms with E-state index in [9.17, 15) is 4.79 Å². The van der Waals surface area contributed by atoms with Crippen molar-refractivity contribution in [1.82, 2.24) is 0 Å². The van der Waals surface area contributed by atoms with Crippen molar-refractivity contribution in [2.75, 3.05) is 0 Å². The van der Waals surface area contributed by atoms with Gasteiger partial charge in [-0.05, 0) is 18.1 Å². The summed E-state index contributed by atoms with van der Waals surface area (Å²) in [6.07, 6.45) is 0.421. The molecule has 2 aromatic carbocycles. The summed E-state index contributed by atoms with van der Waals surface area (Å²) >= 11 is 0. The van der Waals surface area contributed by atoms with E-state index in [0.29, 0.717) is 6.42 Å². The lowest BCUT2D eigenvalue weighted by Gasteiger charge is -2.04. The number of carbonyl (C=O) groups excluding carboxylic acids is 1. The highest BCUT2D eigenvalue weighted by Gasteiger charge is 2.06. The van der Waals surface area contributed by atoms with Crippen LogP contribution in [0.5, 0.6) is 0 Å². The van der Waals surface area contributed by atoms with Gasteiger partial charge in [-0.25, -0.2) is 0 Å². The van der Waals surface area contributed by atoms with Crippen molar-refractivity contribution in [3.63, 3.8) is 0 Å². The lowest BCUT2D eigenvalue weighted by molar-refractivity contribution is 0.0993. The molecule has 0 aliphatic carbocycles. The normalized spacial score (nSPS) is 10.1. The molecule has 0 saturated carbocycles. The van der Waals surface area contributed by atoms with Crippen molar-refractivity contribution >= 4 is 5.78 Å². The zero-order valence-electron chi connectivity index (χ0n) is 10.5. The molecular weight excluding hydrogens is 220 g/mol. The molecule has 0 saturated heterocycles. The van der Waals surface area contributed by atoms with E-state index in [1.165, 1.54) is 0 Å². The van der Waals surface area contributed by atoms with Gasteiger partial charge in [-0.15, -0.1) is 0 Å². The summed E-state index contributed by atoms with van der Waals surface area (Å²) in [5.41, 5.74) is 3.93. The molecule has 0 bridgehead atoms. The minimum atomic E-state index is 0.127. The number of ketones is 1. The van der Waals surface area contributed by atoms with Crippen LogP contribution in [0.1, 0.15) is 23.7 Å². The van der Waals surface area contributed by atoms with Crippen LogP contribution in [0, 0.1) is 0 Å². The Labute approximate surface area is 108 Å². The number of rotatable bonds is 4. The SMILES string of the molecule is C=C(C)CC(=O)c1ccc(-c2ccccc2)cc1. The Hall–Kier alpha value is -2.15. The molecule has 2 aromatic rings. The summed E-state index contributed by atoms with van der Waals surface area (Å²) in [4.78, 5) is 11.8. The van der Waals surface area contributed by atoms with Crippen molar-refractivity contribution in [2.45, 2.75) is 13.3 Å². The smallest absolute Gasteiger partial charge is 0.166 e. The second-order valence-corrected chi connectivity index (χ2v) is 4.50. The number of hydrogen-bond donors (Lipinski definition) is 0. The van der Waals surface area contributed by atoms with Gasteiger partial charge in [0.25, 0.3) is 0 Å². The van der Waals surface area contributed by atoms with Crippen LogP contribution in [-0.4, -0.2) is 5.78 Å². The Bertz CT molecular complexity index is 550. The van der Waals surface area contributed by atoms with Crippen LogP contribution in [0.2, 0.25) is 0 Å². The zero-order valence-corrected chi connectivity index (χ0v) is 10.5. The molecule has 1 nitrogen and oxygen atoms in total. The molecule has 0 aliphatic rings. The summed E-state index contributed by atoms with van der Waals surface area (Å²) in [6.45, 7) is 5.64. The maximum absolute atomic E-state index is 11.8. The second-order valence-electron chi connectivity index (χ2n) is 4.50. The average molecular weight is 236 g/mol. The number of hydrogen-bond acceptors (Lipinski definition) is 1. The van der Waals surface area contributed by atoms with E-state index in [-0.39, 0.29) is 5.78 Å². The van der Waals surface area contributed by atoms with Crippen molar-refractivity contribution < 1.29 is 4.79 Å². The fourth-order valence-corrected chi connectivity index (χ4v) is 1.86. The van der Waals surface area contributed by atoms with Crippen LogP contribution < -0.4 is 0 Å². The quantitative estimate of drug-likeness (QED) is 0.564. The van der Waals surface area contributed by atoms with E-state index < -0.39 is 0 Å². The standard InChI is InChI=1S/C17H16O/c1-13(2)12-17(18)16-10-8-15(9-11-16)14-6-4-3-5-7-14/h3-11H,1,12H2,2H3. The van der Waals surface area contributed by atoms with Gasteiger partial charge in [0.2, 0.25) is 0 Å². The van der Waals surface area contributed by atoms with Gasteiger partial charge in [0, 0.05) is 12.0 Å². The van der Waals surface area contributed by atoms with Crippen LogP contribution >= 0.6 is 0 Å². The van der Waals surface area contributed by atoms with Crippen LogP contribution in [0.3, 0.4) is 0 Å². The lowest BCUT2D eigenvalue weighted by Crippen LogP contribution is -1.98. The molecule has 1 heteroatoms. The summed E-state index contributed by atoms with van der Waals surface area (Å²) in [7, 11) is 0. The molecule has 0 aromatic heterocycles.